The molecule has 3 rings (SSSR count). The van der Waals surface area contributed by atoms with Crippen LogP contribution in [0.5, 0.6) is 0 Å². The van der Waals surface area contributed by atoms with Crippen molar-refractivity contribution >= 4 is 24.8 Å². The first-order chi connectivity index (χ1) is 18.0. The number of nitrogens with one attached hydrogen (secondary N) is 2. The number of aromatic nitrogens is 1. The molecule has 9 nitrogen and oxygen atoms in total. The van der Waals surface area contributed by atoms with Crippen LogP contribution in [0.25, 0.3) is 11.3 Å². The van der Waals surface area contributed by atoms with Gasteiger partial charge in [0.05, 0.1) is 11.8 Å². The van der Waals surface area contributed by atoms with Crippen molar-refractivity contribution in [2.75, 3.05) is 6.61 Å². The van der Waals surface area contributed by atoms with Gasteiger partial charge < -0.3 is 19.7 Å². The fourth-order valence-electron chi connectivity index (χ4n) is 4.56. The van der Waals surface area contributed by atoms with Gasteiger partial charge >= 0.3 is 13.1 Å². The van der Waals surface area contributed by atoms with Crippen LogP contribution in [0.3, 0.4) is 0 Å². The number of rotatable bonds is 10. The summed E-state index contributed by atoms with van der Waals surface area (Å²) in [5.74, 6) is -1.64. The summed E-state index contributed by atoms with van der Waals surface area (Å²) in [5, 5.41) is 16.2. The van der Waals surface area contributed by atoms with Crippen molar-refractivity contribution in [3.05, 3.63) is 54.2 Å². The summed E-state index contributed by atoms with van der Waals surface area (Å²) >= 11 is 0. The van der Waals surface area contributed by atoms with Crippen LogP contribution in [-0.2, 0) is 18.9 Å². The molecule has 0 bridgehead atoms. The molecule has 1 saturated heterocycles. The SMILES string of the molecule is CC(C)C[C@H](CC(=O)[C@@H](NC(=O)c1cccc(-c2ccccc2)n1)[C@@H](C)O)B1OC[C@@H](C)N[C@@H](C)C(=O)O1. The molecule has 3 N–H and O–H groups in total. The summed E-state index contributed by atoms with van der Waals surface area (Å²) < 4.78 is 11.5. The lowest BCUT2D eigenvalue weighted by molar-refractivity contribution is -0.139. The molecule has 1 fully saturated rings. The van der Waals surface area contributed by atoms with Gasteiger partial charge in [-0.2, -0.15) is 0 Å². The Kier molecular flexibility index (Phi) is 10.6. The van der Waals surface area contributed by atoms with Gasteiger partial charge in [-0.1, -0.05) is 50.2 Å². The normalized spacial score (nSPS) is 20.6. The number of carbonyl (C=O) groups is 3. The Morgan fingerprint density at radius 1 is 1.13 bits per heavy atom. The lowest BCUT2D eigenvalue weighted by atomic mass is 9.64. The molecule has 0 saturated carbocycles. The van der Waals surface area contributed by atoms with Crippen LogP contribution in [-0.4, -0.2) is 65.7 Å². The van der Waals surface area contributed by atoms with E-state index in [-0.39, 0.29) is 29.9 Å². The summed E-state index contributed by atoms with van der Waals surface area (Å²) in [7, 11) is -0.907. The first-order valence-corrected chi connectivity index (χ1v) is 13.2. The molecule has 0 spiro atoms. The highest BCUT2D eigenvalue weighted by atomic mass is 16.6. The molecule has 1 aliphatic rings. The van der Waals surface area contributed by atoms with Gasteiger partial charge in [0.2, 0.25) is 0 Å². The highest BCUT2D eigenvalue weighted by molar-refractivity contribution is 6.49. The number of amides is 1. The number of hydrogen-bond donors (Lipinski definition) is 3. The van der Waals surface area contributed by atoms with Gasteiger partial charge in [-0.25, -0.2) is 4.98 Å². The zero-order chi connectivity index (χ0) is 27.8. The number of aliphatic hydroxyl groups excluding tert-OH is 1. The summed E-state index contributed by atoms with van der Waals surface area (Å²) in [6.07, 6.45) is -0.630. The second kappa shape index (κ2) is 13.6. The third-order valence-corrected chi connectivity index (χ3v) is 6.42. The van der Waals surface area contributed by atoms with Gasteiger partial charge in [0, 0.05) is 30.5 Å². The van der Waals surface area contributed by atoms with Crippen LogP contribution in [0.2, 0.25) is 5.82 Å². The molecule has 0 radical (unpaired) electrons. The number of pyridine rings is 1. The lowest BCUT2D eigenvalue weighted by Gasteiger charge is -2.31. The highest BCUT2D eigenvalue weighted by Gasteiger charge is 2.40. The molecule has 1 aliphatic heterocycles. The van der Waals surface area contributed by atoms with Gasteiger partial charge in [0.25, 0.3) is 5.91 Å². The zero-order valence-corrected chi connectivity index (χ0v) is 22.7. The predicted octanol–water partition coefficient (Wildman–Crippen LogP) is 3.03. The van der Waals surface area contributed by atoms with Crippen LogP contribution in [0.1, 0.15) is 57.9 Å². The summed E-state index contributed by atoms with van der Waals surface area (Å²) in [6, 6.07) is 12.8. The van der Waals surface area contributed by atoms with Gasteiger partial charge in [-0.05, 0) is 45.2 Å². The molecule has 38 heavy (non-hydrogen) atoms. The van der Waals surface area contributed by atoms with Crippen molar-refractivity contribution in [2.24, 2.45) is 5.92 Å². The molecule has 1 aromatic carbocycles. The van der Waals surface area contributed by atoms with E-state index in [9.17, 15) is 19.5 Å². The van der Waals surface area contributed by atoms with Crippen LogP contribution in [0.4, 0.5) is 0 Å². The number of ketones is 1. The number of benzene rings is 1. The number of carbonyl (C=O) groups excluding carboxylic acids is 3. The highest BCUT2D eigenvalue weighted by Crippen LogP contribution is 2.28. The first kappa shape index (κ1) is 29.5. The summed E-state index contributed by atoms with van der Waals surface area (Å²) in [4.78, 5) is 43.5. The molecule has 204 valence electrons. The predicted molar refractivity (Wildman–Crippen MR) is 145 cm³/mol. The van der Waals surface area contributed by atoms with Crippen molar-refractivity contribution in [3.63, 3.8) is 0 Å². The average molecular weight is 523 g/mol. The van der Waals surface area contributed by atoms with Gasteiger partial charge in [0.15, 0.2) is 5.78 Å². The molecule has 2 aromatic rings. The average Bonchev–Trinajstić information content (AvgIpc) is 2.88. The quantitative estimate of drug-likeness (QED) is 0.406. The minimum atomic E-state index is -1.16. The third-order valence-electron chi connectivity index (χ3n) is 6.42. The summed E-state index contributed by atoms with van der Waals surface area (Å²) in [6.45, 7) is 9.42. The second-order valence-electron chi connectivity index (χ2n) is 10.5. The molecule has 2 heterocycles. The number of aliphatic hydroxyl groups is 1. The molecular weight excluding hydrogens is 485 g/mol. The van der Waals surface area contributed by atoms with Crippen LogP contribution in [0, 0.1) is 5.92 Å². The number of nitrogens with zero attached hydrogens (tertiary/aromatic N) is 1. The van der Waals surface area contributed by atoms with E-state index in [0.717, 1.165) is 5.56 Å². The number of hydrogen-bond acceptors (Lipinski definition) is 8. The Bertz CT molecular complexity index is 1100. The maximum Gasteiger partial charge on any atom is 0.531 e. The van der Waals surface area contributed by atoms with E-state index in [1.807, 2.05) is 51.1 Å². The second-order valence-corrected chi connectivity index (χ2v) is 10.5. The Balaban J connectivity index is 1.76. The Labute approximate surface area is 224 Å². The van der Waals surface area contributed by atoms with Crippen molar-refractivity contribution in [1.29, 1.82) is 0 Å². The van der Waals surface area contributed by atoms with E-state index in [1.165, 1.54) is 6.92 Å². The van der Waals surface area contributed by atoms with E-state index in [2.05, 4.69) is 15.6 Å². The van der Waals surface area contributed by atoms with Gasteiger partial charge in [0.1, 0.15) is 17.8 Å². The first-order valence-electron chi connectivity index (χ1n) is 13.2. The Morgan fingerprint density at radius 3 is 2.50 bits per heavy atom. The molecule has 0 unspecified atom stereocenters. The molecule has 10 heteroatoms. The maximum atomic E-state index is 13.4. The van der Waals surface area contributed by atoms with E-state index in [1.54, 1.807) is 25.1 Å². The molecular formula is C28H38BN3O6. The van der Waals surface area contributed by atoms with E-state index in [0.29, 0.717) is 18.7 Å². The maximum absolute atomic E-state index is 13.4. The number of Topliss-reactive ketones (excluding diaryl/α,β-unsaturated/α-hetero) is 1. The fraction of sp³-hybridized carbons (Fsp3) is 0.500. The fourth-order valence-corrected chi connectivity index (χ4v) is 4.56. The molecule has 5 atom stereocenters. The Morgan fingerprint density at radius 2 is 1.84 bits per heavy atom. The van der Waals surface area contributed by atoms with Crippen molar-refractivity contribution < 1.29 is 28.8 Å². The van der Waals surface area contributed by atoms with Crippen LogP contribution >= 0.6 is 0 Å². The standard InChI is InChI=1S/C28H38BN3O6/c1-17(2)14-22(29-37-16-18(3)30-19(4)28(36)38-29)15-25(34)26(20(5)33)32-27(35)24-13-9-12-23(31-24)21-10-7-6-8-11-21/h6-13,17-20,22,26,30,33H,14-16H2,1-5H3,(H,32,35)/t18-,19+,20-,22-,26+/m1/s1. The smallest absolute Gasteiger partial charge is 0.508 e. The zero-order valence-electron chi connectivity index (χ0n) is 22.7. The van der Waals surface area contributed by atoms with Crippen LogP contribution < -0.4 is 10.6 Å². The molecule has 1 aromatic heterocycles. The summed E-state index contributed by atoms with van der Waals surface area (Å²) in [5.41, 5.74) is 1.61. The molecule has 0 aliphatic carbocycles. The van der Waals surface area contributed by atoms with Gasteiger partial charge in [-0.15, -0.1) is 0 Å². The van der Waals surface area contributed by atoms with Gasteiger partial charge in [-0.3, -0.25) is 19.7 Å². The minimum Gasteiger partial charge on any atom is -0.508 e. The molecule has 1 amide bonds. The topological polar surface area (TPSA) is 127 Å². The Hall–Kier alpha value is -3.08. The van der Waals surface area contributed by atoms with Crippen LogP contribution in [0.15, 0.2) is 48.5 Å². The van der Waals surface area contributed by atoms with Crippen molar-refractivity contribution in [2.45, 2.75) is 77.5 Å². The lowest BCUT2D eigenvalue weighted by Crippen LogP contribution is -2.51. The van der Waals surface area contributed by atoms with Crippen molar-refractivity contribution in [3.8, 4) is 11.3 Å². The third kappa shape index (κ3) is 8.21. The van der Waals surface area contributed by atoms with E-state index >= 15 is 0 Å². The van der Waals surface area contributed by atoms with E-state index < -0.39 is 43.0 Å². The minimum absolute atomic E-state index is 0.0420. The van der Waals surface area contributed by atoms with Crippen molar-refractivity contribution in [1.82, 2.24) is 15.6 Å². The largest absolute Gasteiger partial charge is 0.531 e. The monoisotopic (exact) mass is 523 g/mol. The van der Waals surface area contributed by atoms with E-state index in [4.69, 9.17) is 9.31 Å².